The fourth-order valence-corrected chi connectivity index (χ4v) is 3.00. The summed E-state index contributed by atoms with van der Waals surface area (Å²) in [5, 5.41) is 9.88. The Bertz CT molecular complexity index is 573. The van der Waals surface area contributed by atoms with Crippen molar-refractivity contribution in [2.24, 2.45) is 17.5 Å². The molecule has 1 aromatic rings. The number of nitrogens with zero attached hydrogens (tertiary/aromatic N) is 3. The first-order valence-corrected chi connectivity index (χ1v) is 8.41. The molecule has 1 saturated carbocycles. The van der Waals surface area contributed by atoms with Crippen LogP contribution in [-0.2, 0) is 19.8 Å². The maximum Gasteiger partial charge on any atom is 0.435 e. The summed E-state index contributed by atoms with van der Waals surface area (Å²) >= 11 is 0. The summed E-state index contributed by atoms with van der Waals surface area (Å²) in [4.78, 5) is 4.31. The number of aromatic nitrogens is 2. The van der Waals surface area contributed by atoms with Crippen molar-refractivity contribution >= 4 is 29.9 Å². The molecule has 0 spiro atoms. The molecule has 0 radical (unpaired) electrons. The number of halogens is 4. The first kappa shape index (κ1) is 22.0. The zero-order chi connectivity index (χ0) is 17.8. The third kappa shape index (κ3) is 5.75. The van der Waals surface area contributed by atoms with E-state index >= 15 is 0 Å². The first-order chi connectivity index (χ1) is 11.3. The van der Waals surface area contributed by atoms with Gasteiger partial charge < -0.3 is 10.6 Å². The van der Waals surface area contributed by atoms with Crippen LogP contribution >= 0.6 is 24.0 Å². The maximum atomic E-state index is 13.0. The summed E-state index contributed by atoms with van der Waals surface area (Å²) in [5.74, 6) is 0.550. The lowest BCUT2D eigenvalue weighted by Crippen LogP contribution is -2.46. The minimum absolute atomic E-state index is 0. The lowest BCUT2D eigenvalue weighted by molar-refractivity contribution is -0.142. The molecule has 1 fully saturated rings. The van der Waals surface area contributed by atoms with Gasteiger partial charge in [0.15, 0.2) is 11.7 Å². The number of hydrogen-bond donors (Lipinski definition) is 2. The van der Waals surface area contributed by atoms with Crippen LogP contribution in [0.4, 0.5) is 13.2 Å². The third-order valence-electron chi connectivity index (χ3n) is 4.72. The van der Waals surface area contributed by atoms with Gasteiger partial charge in [-0.25, -0.2) is 4.99 Å². The fraction of sp³-hybridized carbons (Fsp3) is 0.750. The van der Waals surface area contributed by atoms with Crippen LogP contribution in [0.3, 0.4) is 0 Å². The predicted molar refractivity (Wildman–Crippen MR) is 103 cm³/mol. The summed E-state index contributed by atoms with van der Waals surface area (Å²) in [7, 11) is 1.48. The highest BCUT2D eigenvalue weighted by molar-refractivity contribution is 14.0. The largest absolute Gasteiger partial charge is 0.435 e. The normalized spacial score (nSPS) is 16.8. The maximum absolute atomic E-state index is 13.0. The van der Waals surface area contributed by atoms with Gasteiger partial charge in [0.05, 0.1) is 6.54 Å². The Morgan fingerprint density at radius 2 is 2.00 bits per heavy atom. The van der Waals surface area contributed by atoms with E-state index in [1.807, 2.05) is 6.92 Å². The van der Waals surface area contributed by atoms with Crippen LogP contribution in [0.5, 0.6) is 0 Å². The molecule has 2 rings (SSSR count). The van der Waals surface area contributed by atoms with Gasteiger partial charge in [0.2, 0.25) is 0 Å². The van der Waals surface area contributed by atoms with Gasteiger partial charge in [0.1, 0.15) is 0 Å². The number of alkyl halides is 3. The van der Waals surface area contributed by atoms with E-state index in [1.165, 1.54) is 37.2 Å². The Morgan fingerprint density at radius 3 is 2.48 bits per heavy atom. The van der Waals surface area contributed by atoms with Crippen LogP contribution in [0, 0.1) is 5.41 Å². The second kappa shape index (κ2) is 9.09. The lowest BCUT2D eigenvalue weighted by atomic mass is 9.67. The molecule has 1 aliphatic carbocycles. The van der Waals surface area contributed by atoms with Gasteiger partial charge in [0.25, 0.3) is 0 Å². The van der Waals surface area contributed by atoms with E-state index in [1.54, 1.807) is 0 Å². The van der Waals surface area contributed by atoms with E-state index < -0.39 is 11.9 Å². The van der Waals surface area contributed by atoms with E-state index in [-0.39, 0.29) is 36.1 Å². The topological polar surface area (TPSA) is 54.2 Å². The summed E-state index contributed by atoms with van der Waals surface area (Å²) in [5.41, 5.74) is -0.480. The zero-order valence-electron chi connectivity index (χ0n) is 14.9. The number of rotatable bonds is 6. The number of guanidine groups is 1. The van der Waals surface area contributed by atoms with Crippen molar-refractivity contribution in [2.75, 3.05) is 13.1 Å². The van der Waals surface area contributed by atoms with Crippen molar-refractivity contribution < 1.29 is 13.2 Å². The summed E-state index contributed by atoms with van der Waals surface area (Å²) in [6.07, 6.45) is 1.63. The fourth-order valence-electron chi connectivity index (χ4n) is 3.00. The van der Waals surface area contributed by atoms with Gasteiger partial charge in [0, 0.05) is 31.9 Å². The van der Waals surface area contributed by atoms with Crippen molar-refractivity contribution in [3.05, 3.63) is 17.5 Å². The summed E-state index contributed by atoms with van der Waals surface area (Å²) in [6.45, 7) is 5.51. The Morgan fingerprint density at radius 1 is 1.32 bits per heavy atom. The van der Waals surface area contributed by atoms with E-state index in [0.29, 0.717) is 17.9 Å². The van der Waals surface area contributed by atoms with Gasteiger partial charge in [-0.1, -0.05) is 13.3 Å². The zero-order valence-corrected chi connectivity index (χ0v) is 17.2. The molecular formula is C16H27F3IN5. The Kier molecular flexibility index (Phi) is 8.01. The average Bonchev–Trinajstić information content (AvgIpc) is 2.85. The average molecular weight is 473 g/mol. The number of aliphatic imine (C=N–C) groups is 1. The molecule has 0 bridgehead atoms. The van der Waals surface area contributed by atoms with Crippen molar-refractivity contribution in [2.45, 2.75) is 52.3 Å². The Balaban J connectivity index is 0.00000312. The van der Waals surface area contributed by atoms with Crippen molar-refractivity contribution in [3.63, 3.8) is 0 Å². The molecule has 0 aliphatic heterocycles. The first-order valence-electron chi connectivity index (χ1n) is 8.41. The molecule has 0 atom stereocenters. The Hall–Kier alpha value is -1.00. The molecule has 1 aromatic heterocycles. The molecule has 0 amide bonds. The molecular weight excluding hydrogens is 446 g/mol. The molecule has 1 heterocycles. The molecule has 5 nitrogen and oxygen atoms in total. The third-order valence-corrected chi connectivity index (χ3v) is 4.72. The highest BCUT2D eigenvalue weighted by Gasteiger charge is 2.37. The van der Waals surface area contributed by atoms with Gasteiger partial charge in [-0.2, -0.15) is 18.3 Å². The SMILES string of the molecule is CCNC(=NCc1cn(C)nc1C(F)(F)F)NCC1(CC)CCC1.I. The Labute approximate surface area is 163 Å². The molecule has 9 heteroatoms. The van der Waals surface area contributed by atoms with Crippen molar-refractivity contribution in [3.8, 4) is 0 Å². The van der Waals surface area contributed by atoms with Crippen LogP contribution in [0.1, 0.15) is 50.8 Å². The van der Waals surface area contributed by atoms with Crippen LogP contribution in [0.2, 0.25) is 0 Å². The van der Waals surface area contributed by atoms with Crippen LogP contribution < -0.4 is 10.6 Å². The summed E-state index contributed by atoms with van der Waals surface area (Å²) in [6, 6.07) is 0. The molecule has 1 aliphatic rings. The standard InChI is InChI=1S/C16H26F3N5.HI/c1-4-15(7-6-8-15)11-22-14(20-5-2)21-9-12-10-24(3)23-13(12)16(17,18)19;/h10H,4-9,11H2,1-3H3,(H2,20,21,22);1H. The molecule has 144 valence electrons. The predicted octanol–water partition coefficient (Wildman–Crippen LogP) is 3.69. The quantitative estimate of drug-likeness (QED) is 0.377. The molecule has 0 unspecified atom stereocenters. The highest BCUT2D eigenvalue weighted by Crippen LogP contribution is 2.43. The lowest BCUT2D eigenvalue weighted by Gasteiger charge is -2.41. The van der Waals surface area contributed by atoms with Gasteiger partial charge in [-0.15, -0.1) is 24.0 Å². The number of hydrogen-bond acceptors (Lipinski definition) is 2. The number of aryl methyl sites for hydroxylation is 1. The van der Waals surface area contributed by atoms with E-state index in [9.17, 15) is 13.2 Å². The molecule has 25 heavy (non-hydrogen) atoms. The van der Waals surface area contributed by atoms with E-state index in [4.69, 9.17) is 0 Å². The second-order valence-corrected chi connectivity index (χ2v) is 6.43. The van der Waals surface area contributed by atoms with Crippen molar-refractivity contribution in [1.82, 2.24) is 20.4 Å². The highest BCUT2D eigenvalue weighted by atomic mass is 127. The van der Waals surface area contributed by atoms with Gasteiger partial charge >= 0.3 is 6.18 Å². The van der Waals surface area contributed by atoms with Crippen LogP contribution in [0.25, 0.3) is 0 Å². The van der Waals surface area contributed by atoms with Crippen LogP contribution in [-0.4, -0.2) is 28.8 Å². The molecule has 0 aromatic carbocycles. The summed E-state index contributed by atoms with van der Waals surface area (Å²) < 4.78 is 40.1. The minimum atomic E-state index is -4.46. The van der Waals surface area contributed by atoms with Crippen LogP contribution in [0.15, 0.2) is 11.2 Å². The molecule has 2 N–H and O–H groups in total. The minimum Gasteiger partial charge on any atom is -0.357 e. The van der Waals surface area contributed by atoms with Crippen molar-refractivity contribution in [1.29, 1.82) is 0 Å². The molecule has 0 saturated heterocycles. The van der Waals surface area contributed by atoms with Gasteiger partial charge in [-0.3, -0.25) is 4.68 Å². The number of nitrogens with one attached hydrogen (secondary N) is 2. The van der Waals surface area contributed by atoms with Gasteiger partial charge in [-0.05, 0) is 31.6 Å². The smallest absolute Gasteiger partial charge is 0.357 e. The van der Waals surface area contributed by atoms with E-state index in [0.717, 1.165) is 13.0 Å². The monoisotopic (exact) mass is 473 g/mol. The van der Waals surface area contributed by atoms with E-state index in [2.05, 4.69) is 27.6 Å². The second-order valence-electron chi connectivity index (χ2n) is 6.43.